The van der Waals surface area contributed by atoms with Gasteiger partial charge in [-0.1, -0.05) is 78.6 Å². The summed E-state index contributed by atoms with van der Waals surface area (Å²) in [6.07, 6.45) is 2.24. The van der Waals surface area contributed by atoms with E-state index >= 15 is 0 Å². The van der Waals surface area contributed by atoms with E-state index in [1.165, 1.54) is 16.7 Å². The second-order valence-electron chi connectivity index (χ2n) is 8.34. The summed E-state index contributed by atoms with van der Waals surface area (Å²) in [7, 11) is 0. The third-order valence-corrected chi connectivity index (χ3v) is 7.29. The summed E-state index contributed by atoms with van der Waals surface area (Å²) in [6.45, 7) is 1.99. The fourth-order valence-corrected chi connectivity index (χ4v) is 5.53. The highest BCUT2D eigenvalue weighted by atomic mass is 32.2. The summed E-state index contributed by atoms with van der Waals surface area (Å²) in [5, 5.41) is 17.1. The Bertz CT molecular complexity index is 1440. The van der Waals surface area contributed by atoms with Gasteiger partial charge in [0.25, 0.3) is 5.91 Å². The number of carbonyl (C=O) groups is 2. The van der Waals surface area contributed by atoms with Crippen molar-refractivity contribution in [2.45, 2.75) is 19.4 Å². The first-order chi connectivity index (χ1) is 18.0. The third-order valence-electron chi connectivity index (χ3n) is 6.00. The van der Waals surface area contributed by atoms with Gasteiger partial charge in [-0.15, -0.1) is 0 Å². The molecule has 1 unspecified atom stereocenters. The van der Waals surface area contributed by atoms with Crippen LogP contribution in [0.5, 0.6) is 5.75 Å². The van der Waals surface area contributed by atoms with Crippen molar-refractivity contribution in [1.82, 2.24) is 5.01 Å². The van der Waals surface area contributed by atoms with Gasteiger partial charge in [0.15, 0.2) is 4.32 Å². The van der Waals surface area contributed by atoms with E-state index in [0.717, 1.165) is 11.3 Å². The van der Waals surface area contributed by atoms with Crippen LogP contribution < -0.4 is 4.90 Å². The van der Waals surface area contributed by atoms with Crippen molar-refractivity contribution in [3.05, 3.63) is 107 Å². The average molecular weight is 530 g/mol. The molecule has 0 aliphatic carbocycles. The highest BCUT2D eigenvalue weighted by Crippen LogP contribution is 2.40. The Morgan fingerprint density at radius 1 is 1.14 bits per heavy atom. The molecule has 186 valence electrons. The molecule has 1 N–H and O–H groups in total. The summed E-state index contributed by atoms with van der Waals surface area (Å²) in [5.41, 5.74) is 3.37. The zero-order chi connectivity index (χ0) is 25.9. The van der Waals surface area contributed by atoms with Crippen LogP contribution in [0.25, 0.3) is 0 Å². The Morgan fingerprint density at radius 2 is 1.89 bits per heavy atom. The summed E-state index contributed by atoms with van der Waals surface area (Å²) in [4.78, 5) is 27.5. The van der Waals surface area contributed by atoms with Crippen LogP contribution in [0.4, 0.5) is 5.69 Å². The second-order valence-corrected chi connectivity index (χ2v) is 10.0. The molecule has 9 heteroatoms. The van der Waals surface area contributed by atoms with Crippen molar-refractivity contribution in [2.24, 2.45) is 5.10 Å². The summed E-state index contributed by atoms with van der Waals surface area (Å²) in [6, 6.07) is 23.3. The van der Waals surface area contributed by atoms with Gasteiger partial charge in [0.2, 0.25) is 0 Å². The fraction of sp³-hybridized carbons (Fsp3) is 0.143. The number of para-hydroxylation sites is 1. The lowest BCUT2D eigenvalue weighted by Crippen LogP contribution is -2.28. The maximum absolute atomic E-state index is 13.5. The molecular formula is C28H23N3O4S2. The van der Waals surface area contributed by atoms with Gasteiger partial charge in [-0.05, 0) is 36.8 Å². The highest BCUT2D eigenvalue weighted by molar-refractivity contribution is 8.27. The first-order valence-corrected chi connectivity index (χ1v) is 12.9. The van der Waals surface area contributed by atoms with Gasteiger partial charge in [-0.25, -0.2) is 4.79 Å². The smallest absolute Gasteiger partial charge is 0.338 e. The van der Waals surface area contributed by atoms with Gasteiger partial charge < -0.3 is 9.84 Å². The van der Waals surface area contributed by atoms with E-state index in [2.05, 4.69) is 0 Å². The number of hydrogen-bond acceptors (Lipinski definition) is 8. The lowest BCUT2D eigenvalue weighted by atomic mass is 9.98. The molecule has 37 heavy (non-hydrogen) atoms. The molecule has 1 saturated heterocycles. The van der Waals surface area contributed by atoms with E-state index in [1.807, 2.05) is 42.5 Å². The molecule has 7 nitrogen and oxygen atoms in total. The predicted molar refractivity (Wildman–Crippen MR) is 148 cm³/mol. The lowest BCUT2D eigenvalue weighted by Gasteiger charge is -2.21. The largest absolute Gasteiger partial charge is 0.508 e. The SMILES string of the molecule is CCOC(=O)c1cccc(N2C(=O)/C(=C/N3N=C(c4ccccc4)CC3c3ccccc3O)SC2=S)c1. The van der Waals surface area contributed by atoms with Crippen molar-refractivity contribution in [1.29, 1.82) is 0 Å². The molecule has 0 radical (unpaired) electrons. The second kappa shape index (κ2) is 10.6. The molecule has 2 aliphatic heterocycles. The minimum absolute atomic E-state index is 0.166. The van der Waals surface area contributed by atoms with Crippen molar-refractivity contribution in [2.75, 3.05) is 11.5 Å². The van der Waals surface area contributed by atoms with Crippen molar-refractivity contribution in [3.63, 3.8) is 0 Å². The van der Waals surface area contributed by atoms with Crippen LogP contribution in [0.1, 0.15) is 40.9 Å². The van der Waals surface area contributed by atoms with Gasteiger partial charge in [-0.2, -0.15) is 5.10 Å². The molecule has 2 heterocycles. The molecule has 0 bridgehead atoms. The lowest BCUT2D eigenvalue weighted by molar-refractivity contribution is -0.113. The molecule has 0 spiro atoms. The zero-order valence-electron chi connectivity index (χ0n) is 19.9. The van der Waals surface area contributed by atoms with Crippen LogP contribution in [0.2, 0.25) is 0 Å². The molecule has 0 aromatic heterocycles. The van der Waals surface area contributed by atoms with Crippen LogP contribution in [-0.4, -0.2) is 38.6 Å². The Kier molecular flexibility index (Phi) is 7.07. The number of rotatable bonds is 6. The molecular weight excluding hydrogens is 506 g/mol. The number of ether oxygens (including phenoxy) is 1. The van der Waals surface area contributed by atoms with Crippen molar-refractivity contribution in [3.8, 4) is 5.75 Å². The fourth-order valence-electron chi connectivity index (χ4n) is 4.26. The van der Waals surface area contributed by atoms with E-state index in [-0.39, 0.29) is 24.3 Å². The maximum atomic E-state index is 13.5. The molecule has 1 amide bonds. The first kappa shape index (κ1) is 24.7. The monoisotopic (exact) mass is 529 g/mol. The summed E-state index contributed by atoms with van der Waals surface area (Å²) >= 11 is 6.70. The molecule has 3 aromatic rings. The number of nitrogens with zero attached hydrogens (tertiary/aromatic N) is 3. The van der Waals surface area contributed by atoms with E-state index in [1.54, 1.807) is 54.5 Å². The van der Waals surface area contributed by atoms with E-state index < -0.39 is 5.97 Å². The topological polar surface area (TPSA) is 82.4 Å². The number of thioether (sulfide) groups is 1. The highest BCUT2D eigenvalue weighted by Gasteiger charge is 2.36. The number of thiocarbonyl (C=S) groups is 1. The van der Waals surface area contributed by atoms with Gasteiger partial charge >= 0.3 is 5.97 Å². The Labute approximate surface area is 224 Å². The number of phenols is 1. The van der Waals surface area contributed by atoms with Crippen LogP contribution in [0.15, 0.2) is 95.1 Å². The number of amides is 1. The van der Waals surface area contributed by atoms with Crippen molar-refractivity contribution >= 4 is 51.6 Å². The zero-order valence-corrected chi connectivity index (χ0v) is 21.5. The number of benzene rings is 3. The molecule has 1 atom stereocenters. The number of hydrogen-bond donors (Lipinski definition) is 1. The normalized spacial score (nSPS) is 18.5. The number of hydrazone groups is 1. The summed E-state index contributed by atoms with van der Waals surface area (Å²) < 4.78 is 5.44. The minimum Gasteiger partial charge on any atom is -0.508 e. The van der Waals surface area contributed by atoms with Crippen LogP contribution in [-0.2, 0) is 9.53 Å². The molecule has 5 rings (SSSR count). The Morgan fingerprint density at radius 3 is 2.65 bits per heavy atom. The molecule has 0 saturated carbocycles. The maximum Gasteiger partial charge on any atom is 0.338 e. The van der Waals surface area contributed by atoms with E-state index in [0.29, 0.717) is 32.5 Å². The average Bonchev–Trinajstić information content (AvgIpc) is 3.45. The van der Waals surface area contributed by atoms with Crippen LogP contribution in [0, 0.1) is 0 Å². The van der Waals surface area contributed by atoms with Gasteiger partial charge in [0, 0.05) is 18.2 Å². The molecule has 1 fully saturated rings. The van der Waals surface area contributed by atoms with Crippen molar-refractivity contribution < 1.29 is 19.4 Å². The molecule has 3 aromatic carbocycles. The summed E-state index contributed by atoms with van der Waals surface area (Å²) in [5.74, 6) is -0.607. The number of esters is 1. The van der Waals surface area contributed by atoms with Gasteiger partial charge in [0.05, 0.1) is 34.5 Å². The minimum atomic E-state index is -0.462. The Hall–Kier alpha value is -3.95. The quantitative estimate of drug-likeness (QED) is 0.252. The molecule has 2 aliphatic rings. The number of aromatic hydroxyl groups is 1. The van der Waals surface area contributed by atoms with E-state index in [4.69, 9.17) is 22.1 Å². The third kappa shape index (κ3) is 5.00. The van der Waals surface area contributed by atoms with Crippen LogP contribution in [0.3, 0.4) is 0 Å². The number of carbonyl (C=O) groups excluding carboxylic acids is 2. The first-order valence-electron chi connectivity index (χ1n) is 11.7. The van der Waals surface area contributed by atoms with E-state index in [9.17, 15) is 14.7 Å². The van der Waals surface area contributed by atoms with Gasteiger partial charge in [-0.3, -0.25) is 14.7 Å². The Balaban J connectivity index is 1.48. The predicted octanol–water partition coefficient (Wildman–Crippen LogP) is 5.63. The van der Waals surface area contributed by atoms with Gasteiger partial charge in [0.1, 0.15) is 5.75 Å². The number of anilines is 1. The standard InChI is InChI=1S/C28H23N3O4S2/c1-2-35-27(34)19-11-8-12-20(15-19)31-26(33)25(37-28(31)36)17-30-23(21-13-6-7-14-24(21)32)16-22(29-30)18-9-4-3-5-10-18/h3-15,17,23,32H,2,16H2,1H3/b25-17-. The van der Waals surface area contributed by atoms with Crippen LogP contribution >= 0.6 is 24.0 Å². The number of phenolic OH excluding ortho intramolecular Hbond substituents is 1.